The Morgan fingerprint density at radius 3 is 2.79 bits per heavy atom. The molecule has 0 spiro atoms. The van der Waals surface area contributed by atoms with Gasteiger partial charge in [-0.05, 0) is 44.2 Å². The smallest absolute Gasteiger partial charge is 0.314 e. The molecule has 10 nitrogen and oxygen atoms in total. The van der Waals surface area contributed by atoms with Crippen molar-refractivity contribution in [3.05, 3.63) is 41.7 Å². The first-order chi connectivity index (χ1) is 16.2. The number of carbonyl (C=O) groups excluding carboxylic acids is 2. The van der Waals surface area contributed by atoms with Gasteiger partial charge in [-0.2, -0.15) is 5.10 Å². The highest BCUT2D eigenvalue weighted by Gasteiger charge is 2.34. The van der Waals surface area contributed by atoms with Gasteiger partial charge in [-0.15, -0.1) is 0 Å². The maximum absolute atomic E-state index is 13.3. The highest BCUT2D eigenvalue weighted by Crippen LogP contribution is 2.35. The minimum Gasteiger partial charge on any atom is -0.398 e. The zero-order valence-electron chi connectivity index (χ0n) is 19.6. The molecule has 178 valence electrons. The molecule has 10 heteroatoms. The van der Waals surface area contributed by atoms with Gasteiger partial charge in [0.25, 0.3) is 0 Å². The second kappa shape index (κ2) is 9.50. The molecule has 1 aromatic carbocycles. The Morgan fingerprint density at radius 1 is 1.26 bits per heavy atom. The van der Waals surface area contributed by atoms with Gasteiger partial charge in [0, 0.05) is 30.1 Å². The van der Waals surface area contributed by atoms with Crippen LogP contribution in [-0.2, 0) is 9.59 Å². The van der Waals surface area contributed by atoms with Crippen molar-refractivity contribution >= 4 is 46.1 Å². The monoisotopic (exact) mass is 462 g/mol. The highest BCUT2D eigenvalue weighted by atomic mass is 16.2. The number of likely N-dealkylation sites (tertiary alicyclic amines) is 1. The molecule has 2 amide bonds. The number of aromatic nitrogens is 3. The number of amides is 2. The predicted molar refractivity (Wildman–Crippen MR) is 133 cm³/mol. The maximum Gasteiger partial charge on any atom is 0.314 e. The first-order valence-corrected chi connectivity index (χ1v) is 11.4. The Balaban J connectivity index is 1.57. The van der Waals surface area contributed by atoms with Gasteiger partial charge in [0.15, 0.2) is 0 Å². The number of rotatable bonds is 4. The lowest BCUT2D eigenvalue weighted by Crippen LogP contribution is -2.46. The summed E-state index contributed by atoms with van der Waals surface area (Å²) in [6, 6.07) is 5.66. The van der Waals surface area contributed by atoms with Crippen molar-refractivity contribution < 1.29 is 9.59 Å². The SMILES string of the molecule is CC(C)N=Cc1ccc([C@@H]2CC[C@@H](C)CN2C(=O)C(=O)Nc2cnc(N)c3cn[nH]c23)cc1N. The lowest BCUT2D eigenvalue weighted by Gasteiger charge is -2.38. The molecule has 2 atom stereocenters. The van der Waals surface area contributed by atoms with E-state index in [4.69, 9.17) is 11.5 Å². The number of nitrogen functional groups attached to an aromatic ring is 2. The molecule has 0 bridgehead atoms. The molecule has 0 aliphatic carbocycles. The third-order valence-corrected chi connectivity index (χ3v) is 6.05. The number of aliphatic imine (C=N–C) groups is 1. The summed E-state index contributed by atoms with van der Waals surface area (Å²) >= 11 is 0. The van der Waals surface area contributed by atoms with Crippen LogP contribution in [-0.4, -0.2) is 50.7 Å². The van der Waals surface area contributed by atoms with Crippen LogP contribution in [0.4, 0.5) is 17.2 Å². The summed E-state index contributed by atoms with van der Waals surface area (Å²) in [7, 11) is 0. The second-order valence-electron chi connectivity index (χ2n) is 9.09. The molecule has 4 rings (SSSR count). The Labute approximate surface area is 197 Å². The van der Waals surface area contributed by atoms with E-state index >= 15 is 0 Å². The standard InChI is InChI=1S/C24H30N8O2/c1-13(2)27-9-16-6-5-15(8-18(16)25)20-7-4-14(3)12-32(20)24(34)23(33)30-19-11-28-22(26)17-10-29-31-21(17)19/h5-6,8-11,13-14,20H,4,7,12,25H2,1-3H3,(H2,26,28)(H,29,31)(H,30,33)/t14-,20+/m1/s1. The van der Waals surface area contributed by atoms with E-state index in [1.54, 1.807) is 11.1 Å². The lowest BCUT2D eigenvalue weighted by atomic mass is 9.89. The van der Waals surface area contributed by atoms with Crippen molar-refractivity contribution in [2.75, 3.05) is 23.3 Å². The number of nitrogens with two attached hydrogens (primary N) is 2. The number of fused-ring (bicyclic) bond motifs is 1. The van der Waals surface area contributed by atoms with Crippen LogP contribution in [0.1, 0.15) is 50.8 Å². The van der Waals surface area contributed by atoms with Crippen molar-refractivity contribution in [1.82, 2.24) is 20.1 Å². The van der Waals surface area contributed by atoms with E-state index < -0.39 is 11.8 Å². The minimum atomic E-state index is -0.741. The van der Waals surface area contributed by atoms with E-state index in [9.17, 15) is 9.59 Å². The molecule has 1 saturated heterocycles. The molecule has 1 aliphatic heterocycles. The average Bonchev–Trinajstić information content (AvgIpc) is 3.30. The number of H-pyrrole nitrogens is 1. The Bertz CT molecular complexity index is 1250. The van der Waals surface area contributed by atoms with E-state index in [0.717, 1.165) is 24.0 Å². The topological polar surface area (TPSA) is 155 Å². The number of benzene rings is 1. The van der Waals surface area contributed by atoms with Gasteiger partial charge in [-0.3, -0.25) is 19.7 Å². The van der Waals surface area contributed by atoms with Gasteiger partial charge in [0.2, 0.25) is 0 Å². The quantitative estimate of drug-likeness (QED) is 0.265. The fourth-order valence-corrected chi connectivity index (χ4v) is 4.23. The van der Waals surface area contributed by atoms with Gasteiger partial charge in [0.1, 0.15) is 5.82 Å². The third-order valence-electron chi connectivity index (χ3n) is 6.05. The summed E-state index contributed by atoms with van der Waals surface area (Å²) in [5.74, 6) is -0.780. The van der Waals surface area contributed by atoms with Crippen LogP contribution < -0.4 is 16.8 Å². The van der Waals surface area contributed by atoms with E-state index in [2.05, 4.69) is 32.4 Å². The van der Waals surface area contributed by atoms with Gasteiger partial charge >= 0.3 is 11.8 Å². The number of aromatic amines is 1. The minimum absolute atomic E-state index is 0.171. The maximum atomic E-state index is 13.3. The first-order valence-electron chi connectivity index (χ1n) is 11.4. The van der Waals surface area contributed by atoms with Crippen LogP contribution >= 0.6 is 0 Å². The second-order valence-corrected chi connectivity index (χ2v) is 9.09. The van der Waals surface area contributed by atoms with Crippen molar-refractivity contribution in [3.8, 4) is 0 Å². The molecule has 3 aromatic rings. The summed E-state index contributed by atoms with van der Waals surface area (Å²) in [4.78, 5) is 36.4. The number of hydrogen-bond donors (Lipinski definition) is 4. The molecular weight excluding hydrogens is 432 g/mol. The van der Waals surface area contributed by atoms with Crippen LogP contribution in [0.15, 0.2) is 35.6 Å². The number of nitrogens with one attached hydrogen (secondary N) is 2. The molecule has 0 unspecified atom stereocenters. The molecule has 1 aliphatic rings. The van der Waals surface area contributed by atoms with Crippen LogP contribution in [0.2, 0.25) is 0 Å². The van der Waals surface area contributed by atoms with E-state index in [1.165, 1.54) is 12.4 Å². The molecule has 3 heterocycles. The van der Waals surface area contributed by atoms with Crippen molar-refractivity contribution in [2.24, 2.45) is 10.9 Å². The highest BCUT2D eigenvalue weighted by molar-refractivity contribution is 6.40. The number of anilines is 3. The molecule has 34 heavy (non-hydrogen) atoms. The molecular formula is C24H30N8O2. The zero-order valence-corrected chi connectivity index (χ0v) is 19.6. The molecule has 1 fully saturated rings. The number of piperidine rings is 1. The van der Waals surface area contributed by atoms with Crippen LogP contribution in [0.3, 0.4) is 0 Å². The summed E-state index contributed by atoms with van der Waals surface area (Å²) in [5, 5.41) is 9.98. The van der Waals surface area contributed by atoms with E-state index in [1.807, 2.05) is 32.0 Å². The van der Waals surface area contributed by atoms with Crippen molar-refractivity contribution in [1.29, 1.82) is 0 Å². The predicted octanol–water partition coefficient (Wildman–Crippen LogP) is 2.89. The van der Waals surface area contributed by atoms with Crippen LogP contribution in [0.25, 0.3) is 10.9 Å². The molecule has 0 saturated carbocycles. The average molecular weight is 463 g/mol. The van der Waals surface area contributed by atoms with E-state index in [0.29, 0.717) is 28.8 Å². The number of pyridine rings is 1. The molecule has 6 N–H and O–H groups in total. The van der Waals surface area contributed by atoms with Gasteiger partial charge in [-0.1, -0.05) is 19.1 Å². The number of nitrogens with zero attached hydrogens (tertiary/aromatic N) is 4. The largest absolute Gasteiger partial charge is 0.398 e. The van der Waals surface area contributed by atoms with Crippen LogP contribution in [0, 0.1) is 5.92 Å². The van der Waals surface area contributed by atoms with E-state index in [-0.39, 0.29) is 23.8 Å². The normalized spacial score (nSPS) is 18.6. The van der Waals surface area contributed by atoms with Crippen LogP contribution in [0.5, 0.6) is 0 Å². The zero-order chi connectivity index (χ0) is 24.4. The summed E-state index contributed by atoms with van der Waals surface area (Å²) in [6.45, 7) is 6.55. The van der Waals surface area contributed by atoms with Gasteiger partial charge in [0.05, 0.1) is 35.0 Å². The lowest BCUT2D eigenvalue weighted by molar-refractivity contribution is -0.146. The number of carbonyl (C=O) groups is 2. The Kier molecular flexibility index (Phi) is 6.49. The fraction of sp³-hybridized carbons (Fsp3) is 0.375. The Morgan fingerprint density at radius 2 is 2.06 bits per heavy atom. The molecule has 0 radical (unpaired) electrons. The van der Waals surface area contributed by atoms with Crippen molar-refractivity contribution in [3.63, 3.8) is 0 Å². The van der Waals surface area contributed by atoms with Crippen molar-refractivity contribution in [2.45, 2.75) is 45.7 Å². The van der Waals surface area contributed by atoms with Gasteiger partial charge in [-0.25, -0.2) is 4.98 Å². The summed E-state index contributed by atoms with van der Waals surface area (Å²) in [5.41, 5.74) is 15.3. The van der Waals surface area contributed by atoms with Gasteiger partial charge < -0.3 is 21.7 Å². The number of hydrogen-bond acceptors (Lipinski definition) is 7. The summed E-state index contributed by atoms with van der Waals surface area (Å²) in [6.07, 6.45) is 6.39. The summed E-state index contributed by atoms with van der Waals surface area (Å²) < 4.78 is 0. The fourth-order valence-electron chi connectivity index (χ4n) is 4.23. The first kappa shape index (κ1) is 23.2. The Hall–Kier alpha value is -3.95. The molecule has 2 aromatic heterocycles. The third kappa shape index (κ3) is 4.70.